The zero-order valence-electron chi connectivity index (χ0n) is 15.6. The highest BCUT2D eigenvalue weighted by molar-refractivity contribution is 5.93. The Labute approximate surface area is 150 Å². The molecular formula is C20H30N2O3. The topological polar surface area (TPSA) is 45.9 Å². The second-order valence-electron chi connectivity index (χ2n) is 8.48. The largest absolute Gasteiger partial charge is 0.459 e. The van der Waals surface area contributed by atoms with Crippen molar-refractivity contribution < 1.29 is 13.9 Å². The van der Waals surface area contributed by atoms with E-state index in [0.29, 0.717) is 29.7 Å². The Morgan fingerprint density at radius 1 is 1.28 bits per heavy atom. The van der Waals surface area contributed by atoms with Crippen LogP contribution in [-0.2, 0) is 4.74 Å². The van der Waals surface area contributed by atoms with E-state index in [2.05, 4.69) is 19.0 Å². The molecule has 3 aliphatic rings. The second-order valence-corrected chi connectivity index (χ2v) is 8.48. The van der Waals surface area contributed by atoms with Crippen molar-refractivity contribution in [3.05, 3.63) is 23.7 Å². The molecule has 5 nitrogen and oxygen atoms in total. The third-order valence-corrected chi connectivity index (χ3v) is 6.33. The van der Waals surface area contributed by atoms with E-state index in [0.717, 1.165) is 44.0 Å². The quantitative estimate of drug-likeness (QED) is 0.822. The van der Waals surface area contributed by atoms with E-state index in [1.54, 1.807) is 6.26 Å². The number of rotatable bonds is 5. The number of carbonyl (C=O) groups excluding carboxylic acids is 1. The van der Waals surface area contributed by atoms with Crippen LogP contribution in [0.4, 0.5) is 0 Å². The van der Waals surface area contributed by atoms with E-state index in [4.69, 9.17) is 9.15 Å². The van der Waals surface area contributed by atoms with Crippen molar-refractivity contribution in [1.82, 2.24) is 9.80 Å². The summed E-state index contributed by atoms with van der Waals surface area (Å²) in [7, 11) is 4.31. The van der Waals surface area contributed by atoms with Gasteiger partial charge in [0.1, 0.15) is 0 Å². The highest BCUT2D eigenvalue weighted by Gasteiger charge is 2.45. The average Bonchev–Trinajstić information content (AvgIpc) is 3.16. The van der Waals surface area contributed by atoms with Crippen LogP contribution in [0.3, 0.4) is 0 Å². The maximum Gasteiger partial charge on any atom is 0.289 e. The molecule has 5 heteroatoms. The number of aryl methyl sites for hydroxylation is 1. The van der Waals surface area contributed by atoms with Crippen molar-refractivity contribution in [2.75, 3.05) is 33.8 Å². The van der Waals surface area contributed by atoms with Crippen LogP contribution in [0.2, 0.25) is 0 Å². The summed E-state index contributed by atoms with van der Waals surface area (Å²) < 4.78 is 11.7. The predicted octanol–water partition coefficient (Wildman–Crippen LogP) is 2.80. The molecule has 2 aliphatic carbocycles. The summed E-state index contributed by atoms with van der Waals surface area (Å²) in [6.07, 6.45) is 6.76. The van der Waals surface area contributed by atoms with Crippen molar-refractivity contribution in [1.29, 1.82) is 0 Å². The number of ether oxygens (including phenoxy) is 1. The van der Waals surface area contributed by atoms with Gasteiger partial charge in [-0.2, -0.15) is 0 Å². The first-order valence-electron chi connectivity index (χ1n) is 9.64. The molecule has 3 fully saturated rings. The minimum atomic E-state index is 0.0498. The molecule has 1 aromatic heterocycles. The zero-order valence-corrected chi connectivity index (χ0v) is 15.6. The molecule has 4 atom stereocenters. The van der Waals surface area contributed by atoms with Crippen molar-refractivity contribution in [3.63, 3.8) is 0 Å². The highest BCUT2D eigenvalue weighted by Crippen LogP contribution is 2.40. The van der Waals surface area contributed by atoms with Gasteiger partial charge < -0.3 is 19.0 Å². The molecule has 0 bridgehead atoms. The van der Waals surface area contributed by atoms with E-state index < -0.39 is 0 Å². The first kappa shape index (κ1) is 17.1. The maximum absolute atomic E-state index is 12.8. The lowest BCUT2D eigenvalue weighted by atomic mass is 9.77. The molecule has 2 heterocycles. The zero-order chi connectivity index (χ0) is 17.6. The first-order valence-corrected chi connectivity index (χ1v) is 9.64. The van der Waals surface area contributed by atoms with Gasteiger partial charge in [0.05, 0.1) is 12.4 Å². The lowest BCUT2D eigenvalue weighted by molar-refractivity contribution is -0.0493. The number of hydrogen-bond acceptors (Lipinski definition) is 4. The predicted molar refractivity (Wildman–Crippen MR) is 95.5 cm³/mol. The minimum Gasteiger partial charge on any atom is -0.459 e. The van der Waals surface area contributed by atoms with Gasteiger partial charge in [-0.05, 0) is 70.5 Å². The minimum absolute atomic E-state index is 0.0498. The van der Waals surface area contributed by atoms with Crippen molar-refractivity contribution in [2.45, 2.75) is 44.8 Å². The molecule has 0 unspecified atom stereocenters. The number of likely N-dealkylation sites (tertiary alicyclic amines) is 1. The van der Waals surface area contributed by atoms with Crippen molar-refractivity contribution >= 4 is 5.91 Å². The second kappa shape index (κ2) is 6.76. The van der Waals surface area contributed by atoms with Gasteiger partial charge in [0, 0.05) is 31.3 Å². The van der Waals surface area contributed by atoms with E-state index in [1.165, 1.54) is 12.8 Å². The normalized spacial score (nSPS) is 32.2. The van der Waals surface area contributed by atoms with E-state index in [-0.39, 0.29) is 5.91 Å². The van der Waals surface area contributed by atoms with Gasteiger partial charge in [-0.1, -0.05) is 0 Å². The summed E-state index contributed by atoms with van der Waals surface area (Å²) in [4.78, 5) is 17.1. The molecule has 0 aromatic carbocycles. The first-order chi connectivity index (χ1) is 12.0. The van der Waals surface area contributed by atoms with Crippen LogP contribution in [-0.4, -0.2) is 61.6 Å². The van der Waals surface area contributed by atoms with Crippen molar-refractivity contribution in [3.8, 4) is 0 Å². The lowest BCUT2D eigenvalue weighted by Crippen LogP contribution is -2.48. The standard InChI is InChI=1S/C20H30N2O3/c1-13-6-7-24-19(13)20(23)22-10-15-8-17(21(2)3)18(9-16(15)11-22)25-12-14-4-5-14/h6-7,14-18H,4-5,8-12H2,1-3H3/t15-,16+,17-,18-/m1/s1. The fraction of sp³-hybridized carbons (Fsp3) is 0.750. The SMILES string of the molecule is Cc1ccoc1C(=O)N1C[C@H]2C[C@@H](N(C)C)[C@H](OCC3CC3)C[C@H]2C1. The van der Waals surface area contributed by atoms with Crippen LogP contribution in [0.25, 0.3) is 0 Å². The van der Waals surface area contributed by atoms with Crippen LogP contribution in [0.1, 0.15) is 41.8 Å². The van der Waals surface area contributed by atoms with Gasteiger partial charge in [-0.25, -0.2) is 0 Å². The number of amides is 1. The number of carbonyl (C=O) groups is 1. The van der Waals surface area contributed by atoms with Gasteiger partial charge in [0.15, 0.2) is 5.76 Å². The van der Waals surface area contributed by atoms with Crippen molar-refractivity contribution in [2.24, 2.45) is 17.8 Å². The fourth-order valence-electron chi connectivity index (χ4n) is 4.56. The van der Waals surface area contributed by atoms with Crippen LogP contribution in [0.15, 0.2) is 16.7 Å². The summed E-state index contributed by atoms with van der Waals surface area (Å²) in [5, 5.41) is 0. The van der Waals surface area contributed by atoms with Crippen LogP contribution >= 0.6 is 0 Å². The Morgan fingerprint density at radius 3 is 2.60 bits per heavy atom. The molecule has 1 aromatic rings. The average molecular weight is 346 g/mol. The molecule has 2 saturated carbocycles. The number of fused-ring (bicyclic) bond motifs is 1. The Balaban J connectivity index is 1.43. The van der Waals surface area contributed by atoms with Crippen LogP contribution in [0.5, 0.6) is 0 Å². The van der Waals surface area contributed by atoms with Gasteiger partial charge in [0.25, 0.3) is 5.91 Å². The molecule has 0 spiro atoms. The summed E-state index contributed by atoms with van der Waals surface area (Å²) in [6, 6.07) is 2.32. The Kier molecular flexibility index (Phi) is 4.63. The summed E-state index contributed by atoms with van der Waals surface area (Å²) >= 11 is 0. The summed E-state index contributed by atoms with van der Waals surface area (Å²) in [6.45, 7) is 4.54. The smallest absolute Gasteiger partial charge is 0.289 e. The molecule has 1 amide bonds. The molecule has 1 saturated heterocycles. The van der Waals surface area contributed by atoms with Gasteiger partial charge in [-0.3, -0.25) is 4.79 Å². The van der Waals surface area contributed by atoms with Crippen LogP contribution in [0, 0.1) is 24.7 Å². The third kappa shape index (κ3) is 3.49. The number of nitrogens with zero attached hydrogens (tertiary/aromatic N) is 2. The third-order valence-electron chi connectivity index (χ3n) is 6.33. The maximum atomic E-state index is 12.8. The van der Waals surface area contributed by atoms with E-state index >= 15 is 0 Å². The number of furan rings is 1. The summed E-state index contributed by atoms with van der Waals surface area (Å²) in [5.41, 5.74) is 0.927. The molecular weight excluding hydrogens is 316 g/mol. The molecule has 0 N–H and O–H groups in total. The van der Waals surface area contributed by atoms with Gasteiger partial charge >= 0.3 is 0 Å². The monoisotopic (exact) mass is 346 g/mol. The van der Waals surface area contributed by atoms with E-state index in [1.807, 2.05) is 17.9 Å². The van der Waals surface area contributed by atoms with E-state index in [9.17, 15) is 4.79 Å². The summed E-state index contributed by atoms with van der Waals surface area (Å²) in [5.74, 6) is 2.48. The molecule has 25 heavy (non-hydrogen) atoms. The lowest BCUT2D eigenvalue weighted by Gasteiger charge is -2.41. The van der Waals surface area contributed by atoms with Gasteiger partial charge in [-0.15, -0.1) is 0 Å². The highest BCUT2D eigenvalue weighted by atomic mass is 16.5. The molecule has 138 valence electrons. The molecule has 4 rings (SSSR count). The number of likely N-dealkylation sites (N-methyl/N-ethyl adjacent to an activating group) is 1. The van der Waals surface area contributed by atoms with Crippen LogP contribution < -0.4 is 0 Å². The Morgan fingerprint density at radius 2 is 2.00 bits per heavy atom. The molecule has 1 aliphatic heterocycles. The Bertz CT molecular complexity index is 622. The fourth-order valence-corrected chi connectivity index (χ4v) is 4.56. The number of hydrogen-bond donors (Lipinski definition) is 0. The Hall–Kier alpha value is -1.33. The van der Waals surface area contributed by atoms with Gasteiger partial charge in [0.2, 0.25) is 0 Å². The molecule has 0 radical (unpaired) electrons.